The van der Waals surface area contributed by atoms with E-state index in [0.29, 0.717) is 0 Å². The third-order valence-electron chi connectivity index (χ3n) is 3.55. The highest BCUT2D eigenvalue weighted by molar-refractivity contribution is 14.1. The average molecular weight is 309 g/mol. The van der Waals surface area contributed by atoms with Gasteiger partial charge < -0.3 is 4.90 Å². The van der Waals surface area contributed by atoms with E-state index in [-0.39, 0.29) is 0 Å². The van der Waals surface area contributed by atoms with Gasteiger partial charge in [-0.25, -0.2) is 3.11 Å². The second-order valence-electron chi connectivity index (χ2n) is 4.71. The third kappa shape index (κ3) is 2.40. The van der Waals surface area contributed by atoms with Crippen molar-refractivity contribution in [2.24, 2.45) is 0 Å². The second kappa shape index (κ2) is 4.63. The maximum absolute atomic E-state index is 2.66. The van der Waals surface area contributed by atoms with E-state index in [1.165, 1.54) is 39.0 Å². The summed E-state index contributed by atoms with van der Waals surface area (Å²) in [5, 5.41) is 0. The van der Waals surface area contributed by atoms with Crippen LogP contribution in [0.5, 0.6) is 0 Å². The molecule has 2 aliphatic rings. The Morgan fingerprint density at radius 2 is 1.71 bits per heavy atom. The maximum atomic E-state index is 2.66. The Bertz CT molecular complexity index is 184. The first-order valence-electron chi connectivity index (χ1n) is 5.48. The lowest BCUT2D eigenvalue weighted by Crippen LogP contribution is -2.61. The molecular weight excluding hydrogens is 289 g/mol. The molecule has 0 unspecified atom stereocenters. The predicted molar refractivity (Wildman–Crippen MR) is 67.7 cm³/mol. The van der Waals surface area contributed by atoms with Crippen LogP contribution in [0, 0.1) is 0 Å². The number of hydrogen-bond acceptors (Lipinski definition) is 3. The molecule has 2 heterocycles. The normalized spacial score (nSPS) is 28.3. The lowest BCUT2D eigenvalue weighted by Gasteiger charge is -2.48. The fourth-order valence-electron chi connectivity index (χ4n) is 2.31. The molecular formula is C10H20IN3. The van der Waals surface area contributed by atoms with Gasteiger partial charge >= 0.3 is 0 Å². The largest absolute Gasteiger partial charge is 0.304 e. The molecule has 4 heteroatoms. The number of rotatable bonds is 2. The minimum absolute atomic E-state index is 0.813. The van der Waals surface area contributed by atoms with Crippen LogP contribution in [0.25, 0.3) is 0 Å². The molecule has 0 aromatic carbocycles. The van der Waals surface area contributed by atoms with Crippen molar-refractivity contribution in [1.29, 1.82) is 0 Å². The van der Waals surface area contributed by atoms with E-state index in [2.05, 4.69) is 49.9 Å². The highest BCUT2D eigenvalue weighted by atomic mass is 127. The Kier molecular flexibility index (Phi) is 3.68. The van der Waals surface area contributed by atoms with E-state index in [9.17, 15) is 0 Å². The monoisotopic (exact) mass is 309 g/mol. The van der Waals surface area contributed by atoms with Gasteiger partial charge in [-0.2, -0.15) is 0 Å². The second-order valence-corrected chi connectivity index (χ2v) is 6.08. The summed E-state index contributed by atoms with van der Waals surface area (Å²) in [6.45, 7) is 5.13. The zero-order valence-electron chi connectivity index (χ0n) is 9.12. The Hall–Kier alpha value is 0.610. The van der Waals surface area contributed by atoms with Crippen molar-refractivity contribution in [1.82, 2.24) is 12.9 Å². The molecule has 0 radical (unpaired) electrons. The molecule has 2 aliphatic heterocycles. The van der Waals surface area contributed by atoms with Gasteiger partial charge in [0.05, 0.1) is 0 Å². The van der Waals surface area contributed by atoms with Gasteiger partial charge in [0.2, 0.25) is 0 Å². The van der Waals surface area contributed by atoms with Crippen molar-refractivity contribution in [3.8, 4) is 0 Å². The zero-order valence-corrected chi connectivity index (χ0v) is 11.3. The molecule has 82 valence electrons. The summed E-state index contributed by atoms with van der Waals surface area (Å²) in [6, 6.07) is 1.69. The van der Waals surface area contributed by atoms with Gasteiger partial charge in [0.15, 0.2) is 0 Å². The zero-order chi connectivity index (χ0) is 10.1. The standard InChI is InChI=1S/C10H20IN3/c1-12(2)10-7-13(8-10)9-3-5-14(11)6-4-9/h9-10H,3-8H2,1-2H3. The summed E-state index contributed by atoms with van der Waals surface area (Å²) >= 11 is 2.44. The molecule has 0 bridgehead atoms. The number of nitrogens with zero attached hydrogens (tertiary/aromatic N) is 3. The summed E-state index contributed by atoms with van der Waals surface area (Å²) in [6.07, 6.45) is 2.73. The van der Waals surface area contributed by atoms with Gasteiger partial charge in [0, 0.05) is 61.1 Å². The van der Waals surface area contributed by atoms with E-state index < -0.39 is 0 Å². The first-order chi connectivity index (χ1) is 6.66. The van der Waals surface area contributed by atoms with Gasteiger partial charge in [0.25, 0.3) is 0 Å². The fraction of sp³-hybridized carbons (Fsp3) is 1.00. The van der Waals surface area contributed by atoms with Crippen molar-refractivity contribution in [3.63, 3.8) is 0 Å². The smallest absolute Gasteiger partial charge is 0.0344 e. The maximum Gasteiger partial charge on any atom is 0.0344 e. The summed E-state index contributed by atoms with van der Waals surface area (Å²) in [4.78, 5) is 5.01. The predicted octanol–water partition coefficient (Wildman–Crippen LogP) is 1.05. The van der Waals surface area contributed by atoms with E-state index in [1.807, 2.05) is 0 Å². The van der Waals surface area contributed by atoms with Crippen LogP contribution in [0.15, 0.2) is 0 Å². The average Bonchev–Trinajstić information content (AvgIpc) is 2.05. The van der Waals surface area contributed by atoms with Crippen molar-refractivity contribution in [2.45, 2.75) is 24.9 Å². The minimum Gasteiger partial charge on any atom is -0.304 e. The molecule has 2 rings (SSSR count). The third-order valence-corrected chi connectivity index (χ3v) is 4.51. The van der Waals surface area contributed by atoms with Crippen LogP contribution >= 0.6 is 22.9 Å². The van der Waals surface area contributed by atoms with Gasteiger partial charge in [0.1, 0.15) is 0 Å². The van der Waals surface area contributed by atoms with Crippen molar-refractivity contribution in [2.75, 3.05) is 40.3 Å². The first-order valence-corrected chi connectivity index (χ1v) is 6.44. The Morgan fingerprint density at radius 1 is 1.14 bits per heavy atom. The van der Waals surface area contributed by atoms with E-state index >= 15 is 0 Å². The molecule has 0 aliphatic carbocycles. The molecule has 3 nitrogen and oxygen atoms in total. The van der Waals surface area contributed by atoms with Gasteiger partial charge in [-0.3, -0.25) is 4.90 Å². The van der Waals surface area contributed by atoms with Gasteiger partial charge in [-0.1, -0.05) is 0 Å². The molecule has 0 aromatic rings. The summed E-state index contributed by atoms with van der Waals surface area (Å²) in [5.74, 6) is 0. The summed E-state index contributed by atoms with van der Waals surface area (Å²) < 4.78 is 2.41. The van der Waals surface area contributed by atoms with Crippen molar-refractivity contribution < 1.29 is 0 Å². The highest BCUT2D eigenvalue weighted by Gasteiger charge is 2.34. The number of piperidine rings is 1. The van der Waals surface area contributed by atoms with Crippen molar-refractivity contribution in [3.05, 3.63) is 0 Å². The topological polar surface area (TPSA) is 9.72 Å². The van der Waals surface area contributed by atoms with Crippen molar-refractivity contribution >= 4 is 22.9 Å². The number of likely N-dealkylation sites (N-methyl/N-ethyl adjacent to an activating group) is 1. The molecule has 2 fully saturated rings. The minimum atomic E-state index is 0.813. The van der Waals surface area contributed by atoms with Crippen LogP contribution in [0.1, 0.15) is 12.8 Å². The molecule has 14 heavy (non-hydrogen) atoms. The first kappa shape index (κ1) is 11.1. The molecule has 0 saturated carbocycles. The van der Waals surface area contributed by atoms with E-state index in [1.54, 1.807) is 0 Å². The Labute approximate surface area is 101 Å². The lowest BCUT2D eigenvalue weighted by molar-refractivity contribution is 0.0123. The fourth-order valence-corrected chi connectivity index (χ4v) is 2.87. The van der Waals surface area contributed by atoms with Crippen LogP contribution < -0.4 is 0 Å². The summed E-state index contributed by atoms with van der Waals surface area (Å²) in [7, 11) is 4.38. The van der Waals surface area contributed by atoms with Crippen LogP contribution in [0.4, 0.5) is 0 Å². The number of hydrogen-bond donors (Lipinski definition) is 0. The Morgan fingerprint density at radius 3 is 2.21 bits per heavy atom. The van der Waals surface area contributed by atoms with Crippen LogP contribution in [0.3, 0.4) is 0 Å². The molecule has 2 saturated heterocycles. The van der Waals surface area contributed by atoms with Gasteiger partial charge in [-0.05, 0) is 26.9 Å². The molecule has 0 spiro atoms. The molecule has 0 N–H and O–H groups in total. The molecule has 0 atom stereocenters. The Balaban J connectivity index is 1.72. The van der Waals surface area contributed by atoms with Crippen LogP contribution in [-0.4, -0.2) is 65.3 Å². The number of likely N-dealkylation sites (tertiary alicyclic amines) is 1. The lowest BCUT2D eigenvalue weighted by atomic mass is 9.98. The SMILES string of the molecule is CN(C)C1CN(C2CCN(I)CC2)C1. The molecule has 0 amide bonds. The molecule has 0 aromatic heterocycles. The van der Waals surface area contributed by atoms with E-state index in [0.717, 1.165) is 12.1 Å². The van der Waals surface area contributed by atoms with Gasteiger partial charge in [-0.15, -0.1) is 0 Å². The quantitative estimate of drug-likeness (QED) is 0.558. The van der Waals surface area contributed by atoms with Crippen LogP contribution in [0.2, 0.25) is 0 Å². The van der Waals surface area contributed by atoms with E-state index in [4.69, 9.17) is 0 Å². The summed E-state index contributed by atoms with van der Waals surface area (Å²) in [5.41, 5.74) is 0. The van der Waals surface area contributed by atoms with Crippen LogP contribution in [-0.2, 0) is 0 Å². The highest BCUT2D eigenvalue weighted by Crippen LogP contribution is 2.24. The number of halogens is 1.